The Labute approximate surface area is 254 Å². The van der Waals surface area contributed by atoms with Crippen LogP contribution < -0.4 is 5.32 Å². The Hall–Kier alpha value is -5.37. The highest BCUT2D eigenvalue weighted by atomic mass is 16.6. The minimum atomic E-state index is -1.46. The van der Waals surface area contributed by atoms with Crippen molar-refractivity contribution in [1.82, 2.24) is 4.90 Å². The van der Waals surface area contributed by atoms with Gasteiger partial charge in [0.2, 0.25) is 5.91 Å². The van der Waals surface area contributed by atoms with Crippen molar-refractivity contribution < 1.29 is 19.3 Å². The number of nitrogens with zero attached hydrogens (tertiary/aromatic N) is 2. The fraction of sp³-hybridized carbons (Fsp3) is 0.194. The molecule has 44 heavy (non-hydrogen) atoms. The van der Waals surface area contributed by atoms with Gasteiger partial charge in [0.15, 0.2) is 11.6 Å². The van der Waals surface area contributed by atoms with Crippen molar-refractivity contribution in [3.8, 4) is 0 Å². The van der Waals surface area contributed by atoms with E-state index in [1.54, 1.807) is 18.3 Å². The number of benzene rings is 4. The van der Waals surface area contributed by atoms with Crippen molar-refractivity contribution in [1.29, 1.82) is 0 Å². The number of amides is 1. The van der Waals surface area contributed by atoms with E-state index in [0.717, 1.165) is 29.5 Å². The first kappa shape index (κ1) is 27.5. The summed E-state index contributed by atoms with van der Waals surface area (Å²) in [6, 6.07) is 26.2. The van der Waals surface area contributed by atoms with Crippen LogP contribution in [-0.4, -0.2) is 33.3 Å². The lowest BCUT2D eigenvalue weighted by molar-refractivity contribution is -0.384. The fourth-order valence-corrected chi connectivity index (χ4v) is 7.42. The summed E-state index contributed by atoms with van der Waals surface area (Å²) in [6.45, 7) is 2.09. The highest BCUT2D eigenvalue weighted by molar-refractivity contribution is 6.16. The van der Waals surface area contributed by atoms with E-state index in [1.165, 1.54) is 24.3 Å². The maximum absolute atomic E-state index is 14.9. The number of hydrogen-bond acceptors (Lipinski definition) is 6. The monoisotopic (exact) mass is 583 g/mol. The standard InChI is InChI=1S/C36H29N3O5/c1-2-8-22-15-17-24(18-16-22)32(40)30-31(33(41)25-10-7-11-26(21-25)39(43)44)38-20-19-23-9-3-4-12-27(23)34(38)36(30)28-13-5-6-14-29(28)37-35(36)42/h3-7,9-21,30-31,34H,2,8H2,1H3,(H,37,42)/t30-,31+,34+,36-/m0/s1. The van der Waals surface area contributed by atoms with Crippen molar-refractivity contribution in [3.05, 3.63) is 147 Å². The normalized spacial score (nSPS) is 22.7. The van der Waals surface area contributed by atoms with E-state index in [-0.39, 0.29) is 22.9 Å². The van der Waals surface area contributed by atoms with Gasteiger partial charge in [0.1, 0.15) is 11.5 Å². The number of carbonyl (C=O) groups is 3. The molecule has 1 spiro atoms. The summed E-state index contributed by atoms with van der Waals surface area (Å²) in [6.07, 6.45) is 5.50. The zero-order chi connectivity index (χ0) is 30.6. The lowest BCUT2D eigenvalue weighted by atomic mass is 9.62. The van der Waals surface area contributed by atoms with Crippen molar-refractivity contribution >= 4 is 34.9 Å². The smallest absolute Gasteiger partial charge is 0.270 e. The third-order valence-electron chi connectivity index (χ3n) is 9.24. The highest BCUT2D eigenvalue weighted by Crippen LogP contribution is 2.62. The number of rotatable bonds is 7. The van der Waals surface area contributed by atoms with Gasteiger partial charge in [-0.15, -0.1) is 0 Å². The Kier molecular flexibility index (Phi) is 6.50. The van der Waals surface area contributed by atoms with Gasteiger partial charge in [0, 0.05) is 35.1 Å². The Morgan fingerprint density at radius 3 is 2.43 bits per heavy atom. The number of hydrogen-bond donors (Lipinski definition) is 1. The summed E-state index contributed by atoms with van der Waals surface area (Å²) in [5, 5.41) is 14.7. The Bertz CT molecular complexity index is 1880. The summed E-state index contributed by atoms with van der Waals surface area (Å²) in [7, 11) is 0. The molecule has 1 amide bonds. The number of nitro groups is 1. The van der Waals surface area contributed by atoms with E-state index in [0.29, 0.717) is 16.8 Å². The molecule has 4 aromatic rings. The molecule has 3 heterocycles. The Morgan fingerprint density at radius 2 is 1.66 bits per heavy atom. The van der Waals surface area contributed by atoms with Gasteiger partial charge in [-0.25, -0.2) is 0 Å². The summed E-state index contributed by atoms with van der Waals surface area (Å²) in [4.78, 5) is 57.0. The van der Waals surface area contributed by atoms with Gasteiger partial charge >= 0.3 is 0 Å². The molecule has 0 aromatic heterocycles. The summed E-state index contributed by atoms with van der Waals surface area (Å²) < 4.78 is 0. The molecule has 218 valence electrons. The molecule has 7 rings (SSSR count). The predicted molar refractivity (Wildman–Crippen MR) is 166 cm³/mol. The predicted octanol–water partition coefficient (Wildman–Crippen LogP) is 6.53. The van der Waals surface area contributed by atoms with E-state index in [1.807, 2.05) is 71.6 Å². The summed E-state index contributed by atoms with van der Waals surface area (Å²) in [5.41, 5.74) is 2.89. The second-order valence-electron chi connectivity index (χ2n) is 11.6. The Balaban J connectivity index is 1.50. The van der Waals surface area contributed by atoms with Crippen LogP contribution in [0.1, 0.15) is 62.4 Å². The van der Waals surface area contributed by atoms with Gasteiger partial charge in [-0.1, -0.05) is 92.2 Å². The number of aryl methyl sites for hydroxylation is 1. The quantitative estimate of drug-likeness (QED) is 0.151. The third-order valence-corrected chi connectivity index (χ3v) is 9.24. The van der Waals surface area contributed by atoms with Gasteiger partial charge in [0.25, 0.3) is 5.69 Å². The molecule has 4 atom stereocenters. The number of fused-ring (bicyclic) bond motifs is 6. The summed E-state index contributed by atoms with van der Waals surface area (Å²) >= 11 is 0. The summed E-state index contributed by atoms with van der Waals surface area (Å²) in [5.74, 6) is -2.29. The van der Waals surface area contributed by atoms with Gasteiger partial charge < -0.3 is 10.2 Å². The zero-order valence-electron chi connectivity index (χ0n) is 24.0. The molecule has 1 saturated heterocycles. The van der Waals surface area contributed by atoms with Crippen LogP contribution in [0, 0.1) is 16.0 Å². The number of nitrogens with one attached hydrogen (secondary N) is 1. The molecule has 0 aliphatic carbocycles. The minimum absolute atomic E-state index is 0.107. The largest absolute Gasteiger partial charge is 0.358 e. The fourth-order valence-electron chi connectivity index (χ4n) is 7.42. The van der Waals surface area contributed by atoms with Crippen LogP contribution >= 0.6 is 0 Å². The maximum Gasteiger partial charge on any atom is 0.270 e. The first-order valence-corrected chi connectivity index (χ1v) is 14.7. The molecule has 0 bridgehead atoms. The Morgan fingerprint density at radius 1 is 0.909 bits per heavy atom. The van der Waals surface area contributed by atoms with Gasteiger partial charge in [-0.2, -0.15) is 0 Å². The van der Waals surface area contributed by atoms with Crippen molar-refractivity contribution in [3.63, 3.8) is 0 Å². The van der Waals surface area contributed by atoms with Crippen LogP contribution in [0.25, 0.3) is 6.08 Å². The first-order chi connectivity index (χ1) is 21.4. The molecule has 1 fully saturated rings. The molecular weight excluding hydrogens is 554 g/mol. The first-order valence-electron chi connectivity index (χ1n) is 14.7. The maximum atomic E-state index is 14.9. The molecule has 0 saturated carbocycles. The van der Waals surface area contributed by atoms with Gasteiger partial charge in [0.05, 0.1) is 16.9 Å². The molecule has 4 aromatic carbocycles. The second kappa shape index (κ2) is 10.4. The van der Waals surface area contributed by atoms with Gasteiger partial charge in [-0.05, 0) is 40.8 Å². The average molecular weight is 584 g/mol. The van der Waals surface area contributed by atoms with Crippen LogP contribution in [0.5, 0.6) is 0 Å². The number of ketones is 2. The van der Waals surface area contributed by atoms with Crippen LogP contribution in [0.3, 0.4) is 0 Å². The van der Waals surface area contributed by atoms with Crippen LogP contribution in [0.4, 0.5) is 11.4 Å². The van der Waals surface area contributed by atoms with Crippen molar-refractivity contribution in [2.45, 2.75) is 37.3 Å². The van der Waals surface area contributed by atoms with E-state index < -0.39 is 34.1 Å². The SMILES string of the molecule is CCCc1ccc(C(=O)[C@@H]2[C@H](C(=O)c3cccc([N+](=O)[O-])c3)N3C=Cc4ccccc4[C@@H]3[C@@]23C(=O)Nc2ccccc23)cc1. The van der Waals surface area contributed by atoms with Crippen LogP contribution in [0.2, 0.25) is 0 Å². The molecule has 3 aliphatic heterocycles. The van der Waals surface area contributed by atoms with E-state index in [4.69, 9.17) is 0 Å². The van der Waals surface area contributed by atoms with Crippen LogP contribution in [0.15, 0.2) is 103 Å². The molecular formula is C36H29N3O5. The number of non-ortho nitro benzene ring substituents is 1. The molecule has 0 radical (unpaired) electrons. The number of para-hydroxylation sites is 1. The van der Waals surface area contributed by atoms with E-state index in [2.05, 4.69) is 12.2 Å². The lowest BCUT2D eigenvalue weighted by Crippen LogP contribution is -2.49. The molecule has 8 nitrogen and oxygen atoms in total. The number of Topliss-reactive ketones (excluding diaryl/α,β-unsaturated/α-hetero) is 2. The van der Waals surface area contributed by atoms with E-state index in [9.17, 15) is 24.5 Å². The van der Waals surface area contributed by atoms with Crippen molar-refractivity contribution in [2.75, 3.05) is 5.32 Å². The average Bonchev–Trinajstić information content (AvgIpc) is 3.53. The second-order valence-corrected chi connectivity index (χ2v) is 11.6. The topological polar surface area (TPSA) is 110 Å². The molecule has 0 unspecified atom stereocenters. The van der Waals surface area contributed by atoms with Crippen LogP contribution in [-0.2, 0) is 16.6 Å². The lowest BCUT2D eigenvalue weighted by Gasteiger charge is -2.38. The third kappa shape index (κ3) is 3.94. The number of anilines is 1. The highest BCUT2D eigenvalue weighted by Gasteiger charge is 2.70. The number of carbonyl (C=O) groups excluding carboxylic acids is 3. The molecule has 1 N–H and O–H groups in total. The molecule has 3 aliphatic rings. The van der Waals surface area contributed by atoms with Gasteiger partial charge in [-0.3, -0.25) is 24.5 Å². The number of nitro benzene ring substituents is 1. The van der Waals surface area contributed by atoms with Crippen molar-refractivity contribution in [2.24, 2.45) is 5.92 Å². The molecule has 8 heteroatoms. The zero-order valence-corrected chi connectivity index (χ0v) is 24.0. The minimum Gasteiger partial charge on any atom is -0.358 e. The van der Waals surface area contributed by atoms with E-state index >= 15 is 0 Å².